The number of carbonyl (C=O) groups excluding carboxylic acids is 1. The van der Waals surface area contributed by atoms with Gasteiger partial charge in [0, 0.05) is 18.0 Å². The molecule has 0 bridgehead atoms. The number of ketones is 1. The lowest BCUT2D eigenvalue weighted by atomic mass is 10.2. The first-order chi connectivity index (χ1) is 6.80. The van der Waals surface area contributed by atoms with E-state index < -0.39 is 0 Å². The maximum Gasteiger partial charge on any atom is 0.159 e. The summed E-state index contributed by atoms with van der Waals surface area (Å²) in [5, 5.41) is 0. The first-order valence-electron chi connectivity index (χ1n) is 4.29. The number of rotatable bonds is 1. The van der Waals surface area contributed by atoms with Crippen LogP contribution in [0.15, 0.2) is 49.1 Å². The van der Waals surface area contributed by atoms with E-state index in [0.717, 1.165) is 5.56 Å². The highest BCUT2D eigenvalue weighted by Gasteiger charge is 1.92. The van der Waals surface area contributed by atoms with Crippen molar-refractivity contribution in [2.45, 2.75) is 6.92 Å². The molecule has 1 aromatic heterocycles. The fourth-order valence-electron chi connectivity index (χ4n) is 0.888. The predicted molar refractivity (Wildman–Crippen MR) is 55.0 cm³/mol. The molecule has 2 rings (SSSR count). The van der Waals surface area contributed by atoms with Crippen LogP contribution in [0.1, 0.15) is 17.3 Å². The average Bonchev–Trinajstić information content (AvgIpc) is 2.77. The van der Waals surface area contributed by atoms with Crippen molar-refractivity contribution in [3.63, 3.8) is 0 Å². The van der Waals surface area contributed by atoms with Crippen molar-refractivity contribution in [3.05, 3.63) is 54.6 Å². The number of hydrogen-bond acceptors (Lipinski definition) is 2. The van der Waals surface area contributed by atoms with Gasteiger partial charge in [0.2, 0.25) is 0 Å². The summed E-state index contributed by atoms with van der Waals surface area (Å²) in [6.45, 7) is 1.56. The molecular weight excluding hydrogens is 176 g/mol. The van der Waals surface area contributed by atoms with Crippen LogP contribution in [0.2, 0.25) is 0 Å². The standard InChI is InChI=1S/C8H8O.C3H4N2/c1-7(9)8-5-3-2-4-6-8;1-2-5-3-4-1/h2-6H,1H3;1-3H,(H,4,5). The van der Waals surface area contributed by atoms with Gasteiger partial charge in [0.25, 0.3) is 0 Å². The van der Waals surface area contributed by atoms with Gasteiger partial charge in [-0.1, -0.05) is 30.3 Å². The zero-order valence-corrected chi connectivity index (χ0v) is 7.97. The Bertz CT molecular complexity index is 337. The summed E-state index contributed by atoms with van der Waals surface area (Å²) in [4.78, 5) is 17.1. The number of nitrogens with one attached hydrogen (secondary N) is 1. The van der Waals surface area contributed by atoms with Crippen LogP contribution in [0.25, 0.3) is 0 Å². The van der Waals surface area contributed by atoms with E-state index in [2.05, 4.69) is 9.97 Å². The summed E-state index contributed by atoms with van der Waals surface area (Å²) < 4.78 is 0. The smallest absolute Gasteiger partial charge is 0.159 e. The van der Waals surface area contributed by atoms with Crippen LogP contribution >= 0.6 is 0 Å². The normalized spacial score (nSPS) is 8.64. The highest BCUT2D eigenvalue weighted by atomic mass is 16.1. The first-order valence-corrected chi connectivity index (χ1v) is 4.29. The molecule has 0 spiro atoms. The third kappa shape index (κ3) is 3.67. The third-order valence-electron chi connectivity index (χ3n) is 1.59. The molecule has 0 aliphatic heterocycles. The molecule has 0 atom stereocenters. The summed E-state index contributed by atoms with van der Waals surface area (Å²) in [6, 6.07) is 9.23. The Balaban J connectivity index is 0.000000165. The molecular formula is C11H12N2O. The SMILES string of the molecule is CC(=O)c1ccccc1.c1c[nH]cn1. The van der Waals surface area contributed by atoms with E-state index in [-0.39, 0.29) is 5.78 Å². The lowest BCUT2D eigenvalue weighted by molar-refractivity contribution is 0.101. The van der Waals surface area contributed by atoms with Gasteiger partial charge in [0.15, 0.2) is 5.78 Å². The first kappa shape index (κ1) is 10.2. The van der Waals surface area contributed by atoms with E-state index in [4.69, 9.17) is 0 Å². The molecule has 2 aromatic rings. The van der Waals surface area contributed by atoms with Crippen LogP contribution < -0.4 is 0 Å². The van der Waals surface area contributed by atoms with Crippen molar-refractivity contribution >= 4 is 5.78 Å². The van der Waals surface area contributed by atoms with E-state index in [9.17, 15) is 4.79 Å². The predicted octanol–water partition coefficient (Wildman–Crippen LogP) is 2.30. The van der Waals surface area contributed by atoms with E-state index in [1.165, 1.54) is 0 Å². The zero-order chi connectivity index (χ0) is 10.2. The van der Waals surface area contributed by atoms with Crippen molar-refractivity contribution in [3.8, 4) is 0 Å². The maximum absolute atomic E-state index is 10.6. The average molecular weight is 188 g/mol. The van der Waals surface area contributed by atoms with Crippen molar-refractivity contribution < 1.29 is 4.79 Å². The van der Waals surface area contributed by atoms with E-state index >= 15 is 0 Å². The van der Waals surface area contributed by atoms with Crippen LogP contribution in [0.4, 0.5) is 0 Å². The molecule has 1 heterocycles. The van der Waals surface area contributed by atoms with E-state index in [1.54, 1.807) is 25.6 Å². The number of aromatic amines is 1. The Morgan fingerprint density at radius 1 is 1.29 bits per heavy atom. The number of H-pyrrole nitrogens is 1. The van der Waals surface area contributed by atoms with Crippen LogP contribution in [0.3, 0.4) is 0 Å². The van der Waals surface area contributed by atoms with Crippen LogP contribution in [0.5, 0.6) is 0 Å². The largest absolute Gasteiger partial charge is 0.351 e. The van der Waals surface area contributed by atoms with E-state index in [0.29, 0.717) is 0 Å². The summed E-state index contributed by atoms with van der Waals surface area (Å²) in [7, 11) is 0. The number of Topliss-reactive ketones (excluding diaryl/α,β-unsaturated/α-hetero) is 1. The molecule has 0 unspecified atom stereocenters. The zero-order valence-electron chi connectivity index (χ0n) is 7.97. The Kier molecular flexibility index (Phi) is 4.14. The molecule has 72 valence electrons. The minimum absolute atomic E-state index is 0.121. The Morgan fingerprint density at radius 3 is 2.29 bits per heavy atom. The number of carbonyl (C=O) groups is 1. The van der Waals surface area contributed by atoms with Gasteiger partial charge in [0.1, 0.15) is 0 Å². The van der Waals surface area contributed by atoms with Crippen molar-refractivity contribution in [1.82, 2.24) is 9.97 Å². The minimum atomic E-state index is 0.121. The molecule has 0 aliphatic carbocycles. The van der Waals surface area contributed by atoms with Gasteiger partial charge in [-0.3, -0.25) is 4.79 Å². The molecule has 0 fully saturated rings. The van der Waals surface area contributed by atoms with Crippen molar-refractivity contribution in [2.24, 2.45) is 0 Å². The summed E-state index contributed by atoms with van der Waals surface area (Å²) >= 11 is 0. The van der Waals surface area contributed by atoms with Crippen molar-refractivity contribution in [2.75, 3.05) is 0 Å². The minimum Gasteiger partial charge on any atom is -0.351 e. The molecule has 1 N–H and O–H groups in total. The van der Waals surface area contributed by atoms with Gasteiger partial charge in [-0.15, -0.1) is 0 Å². The Labute approximate surface area is 82.8 Å². The van der Waals surface area contributed by atoms with Gasteiger partial charge in [-0.05, 0) is 6.92 Å². The summed E-state index contributed by atoms with van der Waals surface area (Å²) in [5.74, 6) is 0.121. The molecule has 0 saturated carbocycles. The lowest BCUT2D eigenvalue weighted by Gasteiger charge is -1.89. The molecule has 0 radical (unpaired) electrons. The van der Waals surface area contributed by atoms with Crippen molar-refractivity contribution in [1.29, 1.82) is 0 Å². The van der Waals surface area contributed by atoms with Gasteiger partial charge >= 0.3 is 0 Å². The summed E-state index contributed by atoms with van der Waals surface area (Å²) in [5.41, 5.74) is 0.775. The second kappa shape index (κ2) is 5.70. The fourth-order valence-corrected chi connectivity index (χ4v) is 0.888. The fraction of sp³-hybridized carbons (Fsp3) is 0.0909. The highest BCUT2D eigenvalue weighted by Crippen LogP contribution is 1.97. The molecule has 3 nitrogen and oxygen atoms in total. The number of benzene rings is 1. The van der Waals surface area contributed by atoms with Crippen LogP contribution in [-0.2, 0) is 0 Å². The quantitative estimate of drug-likeness (QED) is 0.698. The van der Waals surface area contributed by atoms with E-state index in [1.807, 2.05) is 30.3 Å². The van der Waals surface area contributed by atoms with Gasteiger partial charge in [-0.2, -0.15) is 0 Å². The van der Waals surface area contributed by atoms with Gasteiger partial charge in [-0.25, -0.2) is 4.98 Å². The monoisotopic (exact) mass is 188 g/mol. The third-order valence-corrected chi connectivity index (χ3v) is 1.59. The molecule has 0 aliphatic rings. The molecule has 1 aromatic carbocycles. The Hall–Kier alpha value is -1.90. The number of hydrogen-bond donors (Lipinski definition) is 1. The highest BCUT2D eigenvalue weighted by molar-refractivity contribution is 5.93. The molecule has 0 amide bonds. The second-order valence-corrected chi connectivity index (χ2v) is 2.68. The molecule has 14 heavy (non-hydrogen) atoms. The second-order valence-electron chi connectivity index (χ2n) is 2.68. The van der Waals surface area contributed by atoms with Crippen LogP contribution in [0, 0.1) is 0 Å². The lowest BCUT2D eigenvalue weighted by Crippen LogP contribution is -1.88. The number of imidazole rings is 1. The summed E-state index contributed by atoms with van der Waals surface area (Å²) in [6.07, 6.45) is 5.08. The molecule has 0 saturated heterocycles. The number of aromatic nitrogens is 2. The van der Waals surface area contributed by atoms with Crippen LogP contribution in [-0.4, -0.2) is 15.8 Å². The molecule has 3 heteroatoms. The maximum atomic E-state index is 10.6. The van der Waals surface area contributed by atoms with Gasteiger partial charge < -0.3 is 4.98 Å². The number of nitrogens with zero attached hydrogens (tertiary/aromatic N) is 1. The Morgan fingerprint density at radius 2 is 2.00 bits per heavy atom. The van der Waals surface area contributed by atoms with Gasteiger partial charge in [0.05, 0.1) is 6.33 Å². The topological polar surface area (TPSA) is 45.8 Å².